The van der Waals surface area contributed by atoms with Gasteiger partial charge in [-0.2, -0.15) is 0 Å². The predicted molar refractivity (Wildman–Crippen MR) is 79.1 cm³/mol. The number of nitrogens with zero attached hydrogens (tertiary/aromatic N) is 2. The fourth-order valence-electron chi connectivity index (χ4n) is 3.43. The first-order valence-corrected chi connectivity index (χ1v) is 7.81. The van der Waals surface area contributed by atoms with Crippen molar-refractivity contribution in [2.24, 2.45) is 11.8 Å². The van der Waals surface area contributed by atoms with Crippen LogP contribution in [0.1, 0.15) is 57.6 Å². The van der Waals surface area contributed by atoms with Crippen molar-refractivity contribution in [3.8, 4) is 0 Å². The third-order valence-electron chi connectivity index (χ3n) is 4.42. The summed E-state index contributed by atoms with van der Waals surface area (Å²) in [6, 6.07) is 0. The lowest BCUT2D eigenvalue weighted by molar-refractivity contribution is 0.218. The summed E-state index contributed by atoms with van der Waals surface area (Å²) in [6.07, 6.45) is 12.3. The van der Waals surface area contributed by atoms with E-state index in [-0.39, 0.29) is 0 Å². The van der Waals surface area contributed by atoms with Crippen LogP contribution < -0.4 is 5.32 Å². The fraction of sp³-hybridized carbons (Fsp3) is 0.750. The van der Waals surface area contributed by atoms with Crippen molar-refractivity contribution in [1.82, 2.24) is 15.3 Å². The van der Waals surface area contributed by atoms with Gasteiger partial charge in [0.1, 0.15) is 0 Å². The zero-order valence-electron chi connectivity index (χ0n) is 12.3. The Bertz CT molecular complexity index is 352. The van der Waals surface area contributed by atoms with Gasteiger partial charge in [-0.3, -0.25) is 9.97 Å². The normalized spacial score (nSPS) is 27.4. The number of rotatable bonds is 6. The van der Waals surface area contributed by atoms with Crippen molar-refractivity contribution in [3.05, 3.63) is 24.3 Å². The van der Waals surface area contributed by atoms with Crippen molar-refractivity contribution in [1.29, 1.82) is 0 Å². The molecule has 1 heterocycles. The summed E-state index contributed by atoms with van der Waals surface area (Å²) in [7, 11) is 0. The minimum atomic E-state index is 0.595. The molecule has 0 spiro atoms. The van der Waals surface area contributed by atoms with Crippen LogP contribution in [0.2, 0.25) is 0 Å². The molecule has 1 fully saturated rings. The average Bonchev–Trinajstić information content (AvgIpc) is 2.47. The molecule has 0 aliphatic heterocycles. The van der Waals surface area contributed by atoms with Crippen LogP contribution in [0.4, 0.5) is 0 Å². The highest BCUT2D eigenvalue weighted by Crippen LogP contribution is 2.41. The fourth-order valence-corrected chi connectivity index (χ4v) is 3.43. The van der Waals surface area contributed by atoms with E-state index in [2.05, 4.69) is 29.1 Å². The van der Waals surface area contributed by atoms with Crippen molar-refractivity contribution < 1.29 is 0 Å². The summed E-state index contributed by atoms with van der Waals surface area (Å²) in [4.78, 5) is 8.83. The molecule has 1 aliphatic rings. The third kappa shape index (κ3) is 4.00. The van der Waals surface area contributed by atoms with Crippen LogP contribution in [0.5, 0.6) is 0 Å². The molecule has 3 atom stereocenters. The first-order valence-electron chi connectivity index (χ1n) is 7.81. The first kappa shape index (κ1) is 14.4. The van der Waals surface area contributed by atoms with Gasteiger partial charge in [-0.1, -0.05) is 33.1 Å². The standard InChI is InChI=1S/C16H27N3/c1-3-5-13-6-7-14(11-17-4-2)15(10-13)16-12-18-8-9-19-16/h8-9,12-15,17H,3-7,10-11H2,1-2H3. The Labute approximate surface area is 117 Å². The molecular formula is C16H27N3. The Morgan fingerprint density at radius 1 is 1.26 bits per heavy atom. The monoisotopic (exact) mass is 261 g/mol. The second-order valence-corrected chi connectivity index (χ2v) is 5.77. The predicted octanol–water partition coefficient (Wildman–Crippen LogP) is 3.39. The first-order chi connectivity index (χ1) is 9.35. The second kappa shape index (κ2) is 7.59. The summed E-state index contributed by atoms with van der Waals surface area (Å²) in [5, 5.41) is 3.52. The highest BCUT2D eigenvalue weighted by molar-refractivity contribution is 5.07. The van der Waals surface area contributed by atoms with Crippen LogP contribution in [0.25, 0.3) is 0 Å². The minimum absolute atomic E-state index is 0.595. The Balaban J connectivity index is 2.06. The summed E-state index contributed by atoms with van der Waals surface area (Å²) in [5.41, 5.74) is 1.20. The zero-order valence-corrected chi connectivity index (χ0v) is 12.3. The molecule has 3 heteroatoms. The zero-order chi connectivity index (χ0) is 13.5. The number of nitrogens with one attached hydrogen (secondary N) is 1. The Kier molecular flexibility index (Phi) is 5.77. The third-order valence-corrected chi connectivity index (χ3v) is 4.42. The quantitative estimate of drug-likeness (QED) is 0.853. The van der Waals surface area contributed by atoms with Gasteiger partial charge in [0.25, 0.3) is 0 Å². The van der Waals surface area contributed by atoms with E-state index in [0.717, 1.165) is 24.9 Å². The lowest BCUT2D eigenvalue weighted by Crippen LogP contribution is -2.32. The highest BCUT2D eigenvalue weighted by atomic mass is 14.9. The summed E-state index contributed by atoms with van der Waals surface area (Å²) in [5.74, 6) is 2.21. The largest absolute Gasteiger partial charge is 0.317 e. The Morgan fingerprint density at radius 2 is 2.16 bits per heavy atom. The van der Waals surface area contributed by atoms with Crippen LogP contribution in [-0.2, 0) is 0 Å². The van der Waals surface area contributed by atoms with Gasteiger partial charge in [0.15, 0.2) is 0 Å². The molecule has 1 aromatic rings. The van der Waals surface area contributed by atoms with Crippen molar-refractivity contribution in [2.75, 3.05) is 13.1 Å². The van der Waals surface area contributed by atoms with Gasteiger partial charge in [0.2, 0.25) is 0 Å². The maximum atomic E-state index is 4.57. The molecule has 0 saturated heterocycles. The molecule has 0 bridgehead atoms. The molecule has 1 aromatic heterocycles. The topological polar surface area (TPSA) is 37.8 Å². The van der Waals surface area contributed by atoms with E-state index in [4.69, 9.17) is 0 Å². The number of hydrogen-bond acceptors (Lipinski definition) is 3. The van der Waals surface area contributed by atoms with Gasteiger partial charge in [-0.25, -0.2) is 0 Å². The van der Waals surface area contributed by atoms with E-state index in [1.54, 1.807) is 6.20 Å². The maximum absolute atomic E-state index is 4.57. The minimum Gasteiger partial charge on any atom is -0.317 e. The SMILES string of the molecule is CCCC1CCC(CNCC)C(c2cnccn2)C1. The summed E-state index contributed by atoms with van der Waals surface area (Å²) in [6.45, 7) is 6.65. The van der Waals surface area contributed by atoms with E-state index in [1.807, 2.05) is 12.4 Å². The molecule has 2 rings (SSSR count). The second-order valence-electron chi connectivity index (χ2n) is 5.77. The maximum Gasteiger partial charge on any atom is 0.0620 e. The molecule has 1 saturated carbocycles. The molecule has 1 aliphatic carbocycles. The molecule has 3 unspecified atom stereocenters. The molecule has 19 heavy (non-hydrogen) atoms. The number of hydrogen-bond donors (Lipinski definition) is 1. The van der Waals surface area contributed by atoms with Crippen LogP contribution in [0.3, 0.4) is 0 Å². The molecule has 0 amide bonds. The van der Waals surface area contributed by atoms with Crippen molar-refractivity contribution in [3.63, 3.8) is 0 Å². The van der Waals surface area contributed by atoms with E-state index in [9.17, 15) is 0 Å². The van der Waals surface area contributed by atoms with Gasteiger partial charge < -0.3 is 5.32 Å². The lowest BCUT2D eigenvalue weighted by Gasteiger charge is -2.36. The lowest BCUT2D eigenvalue weighted by atomic mass is 9.71. The smallest absolute Gasteiger partial charge is 0.0620 e. The van der Waals surface area contributed by atoms with E-state index in [1.165, 1.54) is 37.8 Å². The van der Waals surface area contributed by atoms with Crippen LogP contribution in [0.15, 0.2) is 18.6 Å². The van der Waals surface area contributed by atoms with Gasteiger partial charge in [0, 0.05) is 24.5 Å². The Morgan fingerprint density at radius 3 is 2.84 bits per heavy atom. The number of aromatic nitrogens is 2. The van der Waals surface area contributed by atoms with E-state index >= 15 is 0 Å². The van der Waals surface area contributed by atoms with Crippen molar-refractivity contribution >= 4 is 0 Å². The molecule has 0 aromatic carbocycles. The van der Waals surface area contributed by atoms with Gasteiger partial charge in [-0.05, 0) is 37.8 Å². The van der Waals surface area contributed by atoms with Crippen molar-refractivity contribution in [2.45, 2.75) is 51.9 Å². The Hall–Kier alpha value is -0.960. The van der Waals surface area contributed by atoms with E-state index in [0.29, 0.717) is 5.92 Å². The molecule has 3 nitrogen and oxygen atoms in total. The molecule has 106 valence electrons. The molecule has 0 radical (unpaired) electrons. The summed E-state index contributed by atoms with van der Waals surface area (Å²) >= 11 is 0. The van der Waals surface area contributed by atoms with Gasteiger partial charge in [0.05, 0.1) is 5.69 Å². The highest BCUT2D eigenvalue weighted by Gasteiger charge is 2.31. The van der Waals surface area contributed by atoms with E-state index < -0.39 is 0 Å². The van der Waals surface area contributed by atoms with Crippen LogP contribution >= 0.6 is 0 Å². The van der Waals surface area contributed by atoms with Gasteiger partial charge >= 0.3 is 0 Å². The average molecular weight is 261 g/mol. The van der Waals surface area contributed by atoms with Gasteiger partial charge in [-0.15, -0.1) is 0 Å². The molecule has 1 N–H and O–H groups in total. The molecular weight excluding hydrogens is 234 g/mol. The van der Waals surface area contributed by atoms with Crippen LogP contribution in [0, 0.1) is 11.8 Å². The summed E-state index contributed by atoms with van der Waals surface area (Å²) < 4.78 is 0. The van der Waals surface area contributed by atoms with Crippen LogP contribution in [-0.4, -0.2) is 23.1 Å².